The highest BCUT2D eigenvalue weighted by Crippen LogP contribution is 2.36. The molecule has 1 aliphatic rings. The molecule has 0 amide bonds. The monoisotopic (exact) mass is 271 g/mol. The van der Waals surface area contributed by atoms with Gasteiger partial charge in [-0.3, -0.25) is 0 Å². The van der Waals surface area contributed by atoms with E-state index in [-0.39, 0.29) is 0 Å². The summed E-state index contributed by atoms with van der Waals surface area (Å²) in [6.07, 6.45) is 4.46. The van der Waals surface area contributed by atoms with Gasteiger partial charge in [-0.1, -0.05) is 18.2 Å². The van der Waals surface area contributed by atoms with E-state index < -0.39 is 8.32 Å². The maximum Gasteiger partial charge on any atom is 0.242 e. The van der Waals surface area contributed by atoms with Gasteiger partial charge < -0.3 is 8.99 Å². The highest BCUT2D eigenvalue weighted by Gasteiger charge is 2.26. The zero-order valence-corrected chi connectivity index (χ0v) is 13.2. The largest absolute Gasteiger partial charge is 0.544 e. The van der Waals surface area contributed by atoms with Crippen molar-refractivity contribution in [1.29, 1.82) is 0 Å². The molecule has 0 atom stereocenters. The van der Waals surface area contributed by atoms with Gasteiger partial charge in [0.25, 0.3) is 0 Å². The molecule has 0 N–H and O–H groups in total. The number of para-hydroxylation sites is 1. The van der Waals surface area contributed by atoms with Crippen LogP contribution in [0.15, 0.2) is 30.3 Å². The molecule has 0 aliphatic heterocycles. The number of aromatic nitrogens is 1. The summed E-state index contributed by atoms with van der Waals surface area (Å²) in [7, 11) is 0.597. The maximum absolute atomic E-state index is 6.31. The molecule has 0 bridgehead atoms. The third-order valence-corrected chi connectivity index (χ3v) is 4.43. The summed E-state index contributed by atoms with van der Waals surface area (Å²) >= 11 is 0. The van der Waals surface area contributed by atoms with E-state index in [1.807, 2.05) is 0 Å². The van der Waals surface area contributed by atoms with Crippen LogP contribution in [0.2, 0.25) is 19.6 Å². The molecule has 1 aromatic heterocycles. The first-order chi connectivity index (χ1) is 8.97. The van der Waals surface area contributed by atoms with Crippen molar-refractivity contribution in [2.45, 2.75) is 32.5 Å². The first-order valence-electron chi connectivity index (χ1n) is 6.93. The Bertz CT molecular complexity index is 661. The van der Waals surface area contributed by atoms with Crippen LogP contribution in [-0.4, -0.2) is 12.9 Å². The molecule has 19 heavy (non-hydrogen) atoms. The Morgan fingerprint density at radius 3 is 2.63 bits per heavy atom. The highest BCUT2D eigenvalue weighted by molar-refractivity contribution is 6.70. The number of aryl methyl sites for hydroxylation is 1. The number of benzene rings is 1. The number of allylic oxidation sites excluding steroid dienone is 1. The topological polar surface area (TPSA) is 14.2 Å². The minimum Gasteiger partial charge on any atom is -0.544 e. The van der Waals surface area contributed by atoms with E-state index in [1.165, 1.54) is 22.2 Å². The first kappa shape index (κ1) is 12.5. The molecule has 2 aromatic rings. The van der Waals surface area contributed by atoms with Crippen molar-refractivity contribution in [2.75, 3.05) is 0 Å². The van der Waals surface area contributed by atoms with Crippen molar-refractivity contribution >= 4 is 25.0 Å². The second kappa shape index (κ2) is 4.27. The number of hydrogen-bond acceptors (Lipinski definition) is 1. The molecule has 1 aromatic carbocycles. The quantitative estimate of drug-likeness (QED) is 0.742. The summed E-state index contributed by atoms with van der Waals surface area (Å²) in [5.74, 6) is 1.11. The molecule has 0 fully saturated rings. The van der Waals surface area contributed by atoms with Crippen molar-refractivity contribution in [3.8, 4) is 0 Å². The van der Waals surface area contributed by atoms with Crippen molar-refractivity contribution in [2.24, 2.45) is 7.05 Å². The first-order valence-corrected chi connectivity index (χ1v) is 10.3. The molecule has 3 heteroatoms. The molecule has 1 aliphatic carbocycles. The fourth-order valence-electron chi connectivity index (χ4n) is 2.88. The Balaban J connectivity index is 2.21. The van der Waals surface area contributed by atoms with Crippen LogP contribution in [0.4, 0.5) is 0 Å². The van der Waals surface area contributed by atoms with E-state index in [4.69, 9.17) is 4.43 Å². The van der Waals surface area contributed by atoms with Crippen LogP contribution in [0.3, 0.4) is 0 Å². The minimum absolute atomic E-state index is 1.08. The minimum atomic E-state index is -1.57. The van der Waals surface area contributed by atoms with Gasteiger partial charge in [-0.15, -0.1) is 0 Å². The lowest BCUT2D eigenvalue weighted by Crippen LogP contribution is -2.25. The van der Waals surface area contributed by atoms with E-state index in [0.717, 1.165) is 18.6 Å². The fourth-order valence-corrected chi connectivity index (χ4v) is 3.72. The number of hydrogen-bond donors (Lipinski definition) is 0. The Morgan fingerprint density at radius 2 is 1.89 bits per heavy atom. The molecule has 0 unspecified atom stereocenters. The number of fused-ring (bicyclic) bond motifs is 3. The average Bonchev–Trinajstić information content (AvgIpc) is 2.63. The smallest absolute Gasteiger partial charge is 0.242 e. The van der Waals surface area contributed by atoms with E-state index in [1.54, 1.807) is 0 Å². The Morgan fingerprint density at radius 1 is 1.16 bits per heavy atom. The van der Waals surface area contributed by atoms with Gasteiger partial charge in [0.15, 0.2) is 0 Å². The lowest BCUT2D eigenvalue weighted by atomic mass is 10.0. The SMILES string of the molecule is Cn1c2c(c3ccccc31)C(O[Si](C)(C)C)=CCC2. The van der Waals surface area contributed by atoms with Gasteiger partial charge in [0.05, 0.1) is 0 Å². The van der Waals surface area contributed by atoms with E-state index in [0.29, 0.717) is 0 Å². The van der Waals surface area contributed by atoms with Crippen molar-refractivity contribution in [1.82, 2.24) is 4.57 Å². The van der Waals surface area contributed by atoms with Gasteiger partial charge in [0.1, 0.15) is 5.76 Å². The number of rotatable bonds is 2. The van der Waals surface area contributed by atoms with Gasteiger partial charge in [0.2, 0.25) is 8.32 Å². The molecule has 1 heterocycles. The summed E-state index contributed by atoms with van der Waals surface area (Å²) in [6, 6.07) is 8.63. The zero-order valence-electron chi connectivity index (χ0n) is 12.2. The van der Waals surface area contributed by atoms with E-state index in [2.05, 4.69) is 61.6 Å². The van der Waals surface area contributed by atoms with Gasteiger partial charge in [-0.05, 0) is 44.6 Å². The highest BCUT2D eigenvalue weighted by atomic mass is 28.4. The van der Waals surface area contributed by atoms with Gasteiger partial charge in [0, 0.05) is 29.2 Å². The summed E-state index contributed by atoms with van der Waals surface area (Å²) in [4.78, 5) is 0. The molecule has 0 saturated heterocycles. The molecule has 3 rings (SSSR count). The molecular formula is C16H21NOSi. The van der Waals surface area contributed by atoms with E-state index in [9.17, 15) is 0 Å². The van der Waals surface area contributed by atoms with Gasteiger partial charge in [-0.2, -0.15) is 0 Å². The van der Waals surface area contributed by atoms with E-state index >= 15 is 0 Å². The second-order valence-electron chi connectivity index (χ2n) is 6.22. The molecule has 0 radical (unpaired) electrons. The summed E-state index contributed by atoms with van der Waals surface area (Å²) in [5, 5.41) is 1.32. The maximum atomic E-state index is 6.31. The molecule has 0 saturated carbocycles. The predicted octanol–water partition coefficient (Wildman–Crippen LogP) is 4.32. The van der Waals surface area contributed by atoms with Crippen LogP contribution in [0.5, 0.6) is 0 Å². The Kier molecular flexibility index (Phi) is 2.82. The van der Waals surface area contributed by atoms with Crippen LogP contribution < -0.4 is 0 Å². The van der Waals surface area contributed by atoms with Crippen LogP contribution in [0.25, 0.3) is 16.7 Å². The predicted molar refractivity (Wildman–Crippen MR) is 83.6 cm³/mol. The van der Waals surface area contributed by atoms with Crippen molar-refractivity contribution < 1.29 is 4.43 Å². The standard InChI is InChI=1S/C16H21NOSi/c1-17-13-9-6-5-8-12(13)16-14(17)10-7-11-15(16)18-19(2,3)4/h5-6,8-9,11H,7,10H2,1-4H3. The second-order valence-corrected chi connectivity index (χ2v) is 10.6. The number of nitrogens with zero attached hydrogens (tertiary/aromatic N) is 1. The van der Waals surface area contributed by atoms with Crippen molar-refractivity contribution in [3.63, 3.8) is 0 Å². The third kappa shape index (κ3) is 2.12. The van der Waals surface area contributed by atoms with Crippen LogP contribution in [-0.2, 0) is 17.9 Å². The van der Waals surface area contributed by atoms with Gasteiger partial charge >= 0.3 is 0 Å². The Labute approximate surface area is 115 Å². The molecular weight excluding hydrogens is 250 g/mol. The van der Waals surface area contributed by atoms with Gasteiger partial charge in [-0.25, -0.2) is 0 Å². The molecule has 2 nitrogen and oxygen atoms in total. The van der Waals surface area contributed by atoms with Crippen molar-refractivity contribution in [3.05, 3.63) is 41.6 Å². The van der Waals surface area contributed by atoms with Crippen LogP contribution >= 0.6 is 0 Å². The fraction of sp³-hybridized carbons (Fsp3) is 0.375. The zero-order chi connectivity index (χ0) is 13.6. The summed E-state index contributed by atoms with van der Waals surface area (Å²) < 4.78 is 8.64. The summed E-state index contributed by atoms with van der Waals surface area (Å²) in [6.45, 7) is 6.73. The molecule has 100 valence electrons. The lowest BCUT2D eigenvalue weighted by molar-refractivity contribution is 0.508. The lowest BCUT2D eigenvalue weighted by Gasteiger charge is -2.25. The summed E-state index contributed by atoms with van der Waals surface area (Å²) in [5.41, 5.74) is 4.04. The molecule has 0 spiro atoms. The van der Waals surface area contributed by atoms with Crippen LogP contribution in [0, 0.1) is 0 Å². The van der Waals surface area contributed by atoms with Crippen LogP contribution in [0.1, 0.15) is 17.7 Å². The third-order valence-electron chi connectivity index (χ3n) is 3.60. The average molecular weight is 271 g/mol. The Hall–Kier alpha value is -1.48. The normalized spacial score (nSPS) is 15.3.